The number of Topliss-reactive ketones (excluding diaryl/α,β-unsaturated/α-hetero) is 6. The number of carbonyl (C=O) groups is 6. The van der Waals surface area contributed by atoms with Crippen LogP contribution in [0.25, 0.3) is 0 Å². The summed E-state index contributed by atoms with van der Waals surface area (Å²) in [5.41, 5.74) is 1.34. The molecule has 0 aliphatic heterocycles. The third-order valence-electron chi connectivity index (χ3n) is 7.77. The van der Waals surface area contributed by atoms with Crippen LogP contribution in [0.1, 0.15) is 62.1 Å². The first kappa shape index (κ1) is 35.7. The standard InChI is InChI=1S/C42H24Br2O8/c43-31-13-1-25(2-14-31)37(45)39(47)27-5-17-33(18-6-27)51-35-21-9-29(10-22-35)41(49)42(50)30-11-23-36(24-12-30)52-34-19-7-28(8-20-34)40(48)38(46)26-3-15-32(44)16-4-26/h1-24H. The van der Waals surface area contributed by atoms with Crippen molar-refractivity contribution in [2.24, 2.45) is 0 Å². The van der Waals surface area contributed by atoms with E-state index in [1.807, 2.05) is 0 Å². The zero-order valence-corrected chi connectivity index (χ0v) is 30.1. The number of carbonyl (C=O) groups excluding carboxylic acids is 6. The fourth-order valence-electron chi connectivity index (χ4n) is 4.96. The van der Waals surface area contributed by atoms with Crippen molar-refractivity contribution in [1.29, 1.82) is 0 Å². The van der Waals surface area contributed by atoms with Gasteiger partial charge in [-0.3, -0.25) is 28.8 Å². The molecule has 6 aromatic carbocycles. The molecule has 254 valence electrons. The normalized spacial score (nSPS) is 10.6. The third kappa shape index (κ3) is 8.43. The van der Waals surface area contributed by atoms with Gasteiger partial charge in [-0.05, 0) is 146 Å². The van der Waals surface area contributed by atoms with Gasteiger partial charge in [-0.15, -0.1) is 0 Å². The van der Waals surface area contributed by atoms with Crippen molar-refractivity contribution in [3.8, 4) is 23.0 Å². The van der Waals surface area contributed by atoms with Gasteiger partial charge in [-0.2, -0.15) is 0 Å². The lowest BCUT2D eigenvalue weighted by molar-refractivity contribution is 0.0817. The van der Waals surface area contributed by atoms with Gasteiger partial charge < -0.3 is 9.47 Å². The van der Waals surface area contributed by atoms with E-state index >= 15 is 0 Å². The minimum Gasteiger partial charge on any atom is -0.457 e. The van der Waals surface area contributed by atoms with Gasteiger partial charge in [0.1, 0.15) is 23.0 Å². The van der Waals surface area contributed by atoms with Crippen LogP contribution in [0.3, 0.4) is 0 Å². The second-order valence-corrected chi connectivity index (χ2v) is 13.1. The van der Waals surface area contributed by atoms with E-state index in [-0.39, 0.29) is 33.4 Å². The molecule has 0 aliphatic rings. The molecule has 6 aromatic rings. The zero-order chi connectivity index (χ0) is 36.8. The summed E-state index contributed by atoms with van der Waals surface area (Å²) in [4.78, 5) is 76.3. The lowest BCUT2D eigenvalue weighted by Gasteiger charge is -2.08. The second-order valence-electron chi connectivity index (χ2n) is 11.3. The van der Waals surface area contributed by atoms with Crippen LogP contribution in [0.15, 0.2) is 155 Å². The summed E-state index contributed by atoms with van der Waals surface area (Å²) in [7, 11) is 0. The van der Waals surface area contributed by atoms with Gasteiger partial charge in [-0.1, -0.05) is 31.9 Å². The van der Waals surface area contributed by atoms with Crippen LogP contribution >= 0.6 is 31.9 Å². The highest BCUT2D eigenvalue weighted by Crippen LogP contribution is 2.26. The fourth-order valence-corrected chi connectivity index (χ4v) is 5.49. The predicted octanol–water partition coefficient (Wildman–Crippen LogP) is 9.99. The van der Waals surface area contributed by atoms with Gasteiger partial charge >= 0.3 is 0 Å². The summed E-state index contributed by atoms with van der Waals surface area (Å²) in [6.07, 6.45) is 0. The Morgan fingerprint density at radius 2 is 0.423 bits per heavy atom. The molecule has 0 atom stereocenters. The van der Waals surface area contributed by atoms with Gasteiger partial charge in [0.25, 0.3) is 0 Å². The van der Waals surface area contributed by atoms with Gasteiger partial charge in [0, 0.05) is 42.3 Å². The zero-order valence-electron chi connectivity index (χ0n) is 26.9. The monoisotopic (exact) mass is 814 g/mol. The average Bonchev–Trinajstić information content (AvgIpc) is 3.18. The molecule has 0 spiro atoms. The Balaban J connectivity index is 1.02. The summed E-state index contributed by atoms with van der Waals surface area (Å²) < 4.78 is 13.2. The van der Waals surface area contributed by atoms with Crippen LogP contribution in [0, 0.1) is 0 Å². The van der Waals surface area contributed by atoms with E-state index in [1.165, 1.54) is 48.5 Å². The molecular weight excluding hydrogens is 792 g/mol. The minimum absolute atomic E-state index is 0.165. The first-order valence-corrected chi connectivity index (χ1v) is 17.2. The summed E-state index contributed by atoms with van der Waals surface area (Å²) in [5.74, 6) is -2.35. The Hall–Kier alpha value is -6.10. The topological polar surface area (TPSA) is 121 Å². The maximum Gasteiger partial charge on any atom is 0.233 e. The molecule has 6 rings (SSSR count). The maximum atomic E-state index is 13.0. The van der Waals surface area contributed by atoms with Crippen molar-refractivity contribution < 1.29 is 38.2 Å². The molecule has 0 saturated heterocycles. The van der Waals surface area contributed by atoms with Gasteiger partial charge in [0.2, 0.25) is 34.7 Å². The number of ketones is 6. The molecule has 0 aliphatic carbocycles. The summed E-state index contributed by atoms with van der Waals surface area (Å²) in [6, 6.07) is 37.3. The fraction of sp³-hybridized carbons (Fsp3) is 0. The van der Waals surface area contributed by atoms with E-state index in [0.29, 0.717) is 23.0 Å². The molecule has 0 unspecified atom stereocenters. The number of hydrogen-bond donors (Lipinski definition) is 0. The first-order chi connectivity index (χ1) is 25.0. The predicted molar refractivity (Wildman–Crippen MR) is 200 cm³/mol. The average molecular weight is 816 g/mol. The number of ether oxygens (including phenoxy) is 2. The highest BCUT2D eigenvalue weighted by molar-refractivity contribution is 9.10. The number of hydrogen-bond acceptors (Lipinski definition) is 8. The van der Waals surface area contributed by atoms with Crippen molar-refractivity contribution in [3.63, 3.8) is 0 Å². The van der Waals surface area contributed by atoms with Crippen molar-refractivity contribution >= 4 is 66.6 Å². The molecule has 0 fully saturated rings. The van der Waals surface area contributed by atoms with Crippen molar-refractivity contribution in [3.05, 3.63) is 188 Å². The summed E-state index contributed by atoms with van der Waals surface area (Å²) >= 11 is 6.60. The van der Waals surface area contributed by atoms with E-state index in [2.05, 4.69) is 31.9 Å². The van der Waals surface area contributed by atoms with Crippen LogP contribution in [-0.2, 0) is 0 Å². The second kappa shape index (κ2) is 15.8. The SMILES string of the molecule is O=C(C(=O)c1ccc(Oc2ccc(C(=O)C(=O)c3ccc(Oc4ccc(C(=O)C(=O)c5ccc(Br)cc5)cc4)cc3)cc2)cc1)c1ccc(Br)cc1. The molecule has 0 bridgehead atoms. The molecule has 0 aromatic heterocycles. The van der Waals surface area contributed by atoms with Crippen molar-refractivity contribution in [2.75, 3.05) is 0 Å². The molecule has 0 heterocycles. The molecule has 8 nitrogen and oxygen atoms in total. The Kier molecular flexibility index (Phi) is 10.9. The molecule has 52 heavy (non-hydrogen) atoms. The Morgan fingerprint density at radius 1 is 0.269 bits per heavy atom. The Bertz CT molecular complexity index is 2140. The van der Waals surface area contributed by atoms with Crippen LogP contribution < -0.4 is 9.47 Å². The van der Waals surface area contributed by atoms with E-state index in [9.17, 15) is 28.8 Å². The highest BCUT2D eigenvalue weighted by Gasteiger charge is 2.21. The van der Waals surface area contributed by atoms with E-state index in [1.54, 1.807) is 97.1 Å². The quantitative estimate of drug-likeness (QED) is 0.0835. The first-order valence-electron chi connectivity index (χ1n) is 15.6. The van der Waals surface area contributed by atoms with Crippen molar-refractivity contribution in [2.45, 2.75) is 0 Å². The lowest BCUT2D eigenvalue weighted by atomic mass is 10.0. The van der Waals surface area contributed by atoms with Crippen molar-refractivity contribution in [1.82, 2.24) is 0 Å². The summed E-state index contributed by atoms with van der Waals surface area (Å²) in [5, 5.41) is 0. The van der Waals surface area contributed by atoms with Gasteiger partial charge in [-0.25, -0.2) is 0 Å². The van der Waals surface area contributed by atoms with E-state index in [4.69, 9.17) is 9.47 Å². The van der Waals surface area contributed by atoms with Gasteiger partial charge in [0.05, 0.1) is 0 Å². The molecule has 0 radical (unpaired) electrons. The largest absolute Gasteiger partial charge is 0.457 e. The van der Waals surface area contributed by atoms with E-state index < -0.39 is 34.7 Å². The molecule has 0 amide bonds. The van der Waals surface area contributed by atoms with E-state index in [0.717, 1.165) is 8.95 Å². The Morgan fingerprint density at radius 3 is 0.596 bits per heavy atom. The van der Waals surface area contributed by atoms with Crippen LogP contribution in [0.5, 0.6) is 23.0 Å². The van der Waals surface area contributed by atoms with Gasteiger partial charge in [0.15, 0.2) is 0 Å². The Labute approximate surface area is 314 Å². The third-order valence-corrected chi connectivity index (χ3v) is 8.83. The smallest absolute Gasteiger partial charge is 0.233 e. The van der Waals surface area contributed by atoms with Crippen LogP contribution in [0.2, 0.25) is 0 Å². The molecule has 0 N–H and O–H groups in total. The van der Waals surface area contributed by atoms with Crippen LogP contribution in [0.4, 0.5) is 0 Å². The number of halogens is 2. The maximum absolute atomic E-state index is 13.0. The number of benzene rings is 6. The molecular formula is C42H24Br2O8. The minimum atomic E-state index is -0.712. The molecule has 10 heteroatoms. The summed E-state index contributed by atoms with van der Waals surface area (Å²) in [6.45, 7) is 0. The lowest BCUT2D eigenvalue weighted by Crippen LogP contribution is -2.14. The highest BCUT2D eigenvalue weighted by atomic mass is 79.9. The number of rotatable bonds is 13. The van der Waals surface area contributed by atoms with Crippen LogP contribution in [-0.4, -0.2) is 34.7 Å². The molecule has 0 saturated carbocycles.